The van der Waals surface area contributed by atoms with Gasteiger partial charge in [-0.25, -0.2) is 9.59 Å². The lowest BCUT2D eigenvalue weighted by molar-refractivity contribution is -0.132. The van der Waals surface area contributed by atoms with E-state index in [0.717, 1.165) is 11.7 Å². The van der Waals surface area contributed by atoms with E-state index in [-0.39, 0.29) is 5.57 Å². The molecule has 1 rings (SSSR count). The summed E-state index contributed by atoms with van der Waals surface area (Å²) in [6, 6.07) is 6.33. The van der Waals surface area contributed by atoms with Crippen molar-refractivity contribution < 1.29 is 19.4 Å². The topological polar surface area (TPSA) is 78.9 Å². The summed E-state index contributed by atoms with van der Waals surface area (Å²) in [6.07, 6.45) is 0.996. The van der Waals surface area contributed by atoms with Gasteiger partial charge in [-0.2, -0.15) is 0 Å². The molecule has 0 aromatic heterocycles. The van der Waals surface area contributed by atoms with Crippen molar-refractivity contribution in [2.24, 2.45) is 0 Å². The number of anilines is 2. The summed E-state index contributed by atoms with van der Waals surface area (Å²) in [4.78, 5) is 25.0. The second kappa shape index (κ2) is 8.71. The Hall–Kier alpha value is -2.28. The van der Waals surface area contributed by atoms with Gasteiger partial charge in [-0.3, -0.25) is 5.32 Å². The van der Waals surface area contributed by atoms with Gasteiger partial charge >= 0.3 is 12.1 Å². The monoisotopic (exact) mass is 364 g/mol. The van der Waals surface area contributed by atoms with Crippen molar-refractivity contribution in [3.05, 3.63) is 29.3 Å². The number of rotatable bonds is 7. The van der Waals surface area contributed by atoms with Gasteiger partial charge in [0, 0.05) is 33.4 Å². The molecule has 0 fully saturated rings. The molecule has 1 aromatic rings. The molecule has 0 spiro atoms. The van der Waals surface area contributed by atoms with E-state index in [0.29, 0.717) is 17.9 Å². The Labute approximate surface area is 150 Å². The number of amides is 1. The summed E-state index contributed by atoms with van der Waals surface area (Å²) in [5.74, 6) is -1.000. The molecule has 0 heterocycles. The predicted molar refractivity (Wildman–Crippen MR) is 105 cm³/mol. The van der Waals surface area contributed by atoms with Gasteiger partial charge in [0.05, 0.1) is 12.3 Å². The fourth-order valence-electron chi connectivity index (χ4n) is 1.95. The van der Waals surface area contributed by atoms with Crippen LogP contribution in [0.3, 0.4) is 0 Å². The fourth-order valence-corrected chi connectivity index (χ4v) is 2.66. The molecule has 6 nitrogen and oxygen atoms in total. The maximum absolute atomic E-state index is 12.1. The summed E-state index contributed by atoms with van der Waals surface area (Å²) in [5, 5.41) is 11.8. The molecule has 2 N–H and O–H groups in total. The number of ether oxygens (including phenoxy) is 1. The largest absolute Gasteiger partial charge is 0.478 e. The number of hydrogen-bond acceptors (Lipinski definition) is 4. The molecule has 0 saturated carbocycles. The number of hydrogen-bond donors (Lipinski definition) is 2. The highest BCUT2D eigenvalue weighted by molar-refractivity contribution is 6.76. The lowest BCUT2D eigenvalue weighted by Crippen LogP contribution is -2.24. The molecule has 0 saturated heterocycles. The highest BCUT2D eigenvalue weighted by Crippen LogP contribution is 2.25. The zero-order valence-electron chi connectivity index (χ0n) is 15.8. The molecule has 0 aliphatic rings. The Bertz CT molecular complexity index is 664. The molecule has 0 bridgehead atoms. The number of carboxylic acid groups (broad SMARTS) is 1. The first kappa shape index (κ1) is 20.8. The summed E-state index contributed by atoms with van der Waals surface area (Å²) >= 11 is 0. The number of carbonyl (C=O) groups excluding carboxylic acids is 1. The third kappa shape index (κ3) is 7.43. The van der Waals surface area contributed by atoms with Crippen molar-refractivity contribution in [3.8, 4) is 0 Å². The van der Waals surface area contributed by atoms with Crippen LogP contribution in [-0.4, -0.2) is 45.9 Å². The SMILES string of the molecule is CC(=Cc1ccc(N(C)C)cc1NC(=O)OCC[Si](C)(C)C)C(=O)O. The van der Waals surface area contributed by atoms with Crippen LogP contribution in [0.1, 0.15) is 12.5 Å². The van der Waals surface area contributed by atoms with Gasteiger partial charge in [0.15, 0.2) is 0 Å². The van der Waals surface area contributed by atoms with Crippen LogP contribution in [0.25, 0.3) is 6.08 Å². The van der Waals surface area contributed by atoms with E-state index >= 15 is 0 Å². The van der Waals surface area contributed by atoms with Crippen molar-refractivity contribution in [2.75, 3.05) is 30.9 Å². The van der Waals surface area contributed by atoms with E-state index in [1.165, 1.54) is 13.0 Å². The molecule has 0 atom stereocenters. The lowest BCUT2D eigenvalue weighted by Gasteiger charge is -2.18. The van der Waals surface area contributed by atoms with E-state index in [2.05, 4.69) is 25.0 Å². The van der Waals surface area contributed by atoms with Crippen LogP contribution >= 0.6 is 0 Å². The zero-order chi connectivity index (χ0) is 19.2. The zero-order valence-corrected chi connectivity index (χ0v) is 16.8. The highest BCUT2D eigenvalue weighted by atomic mass is 28.3. The number of nitrogens with one attached hydrogen (secondary N) is 1. The molecule has 0 unspecified atom stereocenters. The Kier molecular flexibility index (Phi) is 7.23. The number of carbonyl (C=O) groups is 2. The van der Waals surface area contributed by atoms with Crippen LogP contribution in [0.5, 0.6) is 0 Å². The summed E-state index contributed by atoms with van der Waals surface area (Å²) in [5.41, 5.74) is 2.22. The third-order valence-electron chi connectivity index (χ3n) is 3.58. The molecule has 138 valence electrons. The molecule has 25 heavy (non-hydrogen) atoms. The molecular weight excluding hydrogens is 336 g/mol. The van der Waals surface area contributed by atoms with Gasteiger partial charge in [-0.15, -0.1) is 0 Å². The average Bonchev–Trinajstić information content (AvgIpc) is 2.47. The maximum Gasteiger partial charge on any atom is 0.411 e. The van der Waals surface area contributed by atoms with Crippen LogP contribution in [-0.2, 0) is 9.53 Å². The molecular formula is C18H28N2O4Si. The third-order valence-corrected chi connectivity index (χ3v) is 5.29. The van der Waals surface area contributed by atoms with E-state index in [9.17, 15) is 9.59 Å². The molecule has 0 aliphatic heterocycles. The van der Waals surface area contributed by atoms with E-state index in [1.807, 2.05) is 25.1 Å². The van der Waals surface area contributed by atoms with Crippen molar-refractivity contribution in [1.29, 1.82) is 0 Å². The van der Waals surface area contributed by atoms with Gasteiger partial charge < -0.3 is 14.7 Å². The van der Waals surface area contributed by atoms with Gasteiger partial charge in [-0.05, 0) is 36.7 Å². The smallest absolute Gasteiger partial charge is 0.411 e. The Balaban J connectivity index is 2.97. The predicted octanol–water partition coefficient (Wildman–Crippen LogP) is 4.13. The number of benzene rings is 1. The van der Waals surface area contributed by atoms with Crippen LogP contribution < -0.4 is 10.2 Å². The molecule has 0 aliphatic carbocycles. The normalized spacial score (nSPS) is 11.8. The van der Waals surface area contributed by atoms with Gasteiger partial charge in [-0.1, -0.05) is 25.7 Å². The van der Waals surface area contributed by atoms with Crippen LogP contribution in [0, 0.1) is 0 Å². The Morgan fingerprint density at radius 1 is 1.28 bits per heavy atom. The van der Waals surface area contributed by atoms with E-state index in [4.69, 9.17) is 9.84 Å². The minimum Gasteiger partial charge on any atom is -0.478 e. The lowest BCUT2D eigenvalue weighted by atomic mass is 10.1. The first-order valence-electron chi connectivity index (χ1n) is 8.16. The fraction of sp³-hybridized carbons (Fsp3) is 0.444. The summed E-state index contributed by atoms with van der Waals surface area (Å²) in [7, 11) is 2.51. The molecule has 0 radical (unpaired) electrons. The first-order valence-corrected chi connectivity index (χ1v) is 11.9. The van der Waals surface area contributed by atoms with Gasteiger partial charge in [0.25, 0.3) is 0 Å². The minimum atomic E-state index is -1.27. The Morgan fingerprint density at radius 2 is 1.92 bits per heavy atom. The van der Waals surface area contributed by atoms with Crippen molar-refractivity contribution >= 4 is 37.6 Å². The van der Waals surface area contributed by atoms with Crippen LogP contribution in [0.15, 0.2) is 23.8 Å². The first-order chi connectivity index (χ1) is 11.5. The number of nitrogens with zero attached hydrogens (tertiary/aromatic N) is 1. The van der Waals surface area contributed by atoms with Crippen molar-refractivity contribution in [3.63, 3.8) is 0 Å². The van der Waals surface area contributed by atoms with Gasteiger partial charge in [0.1, 0.15) is 0 Å². The maximum atomic E-state index is 12.1. The minimum absolute atomic E-state index is 0.188. The second-order valence-corrected chi connectivity index (χ2v) is 13.0. The van der Waals surface area contributed by atoms with Crippen LogP contribution in [0.2, 0.25) is 25.7 Å². The average molecular weight is 365 g/mol. The Morgan fingerprint density at radius 3 is 2.44 bits per heavy atom. The van der Waals surface area contributed by atoms with Crippen molar-refractivity contribution in [2.45, 2.75) is 32.6 Å². The molecule has 1 aromatic carbocycles. The quantitative estimate of drug-likeness (QED) is 0.562. The number of carboxylic acids is 1. The van der Waals surface area contributed by atoms with E-state index in [1.54, 1.807) is 12.1 Å². The second-order valence-electron chi connectivity index (χ2n) is 7.37. The van der Waals surface area contributed by atoms with Crippen LogP contribution in [0.4, 0.5) is 16.2 Å². The number of aliphatic carboxylic acids is 1. The van der Waals surface area contributed by atoms with E-state index < -0.39 is 20.1 Å². The molecule has 1 amide bonds. The summed E-state index contributed by atoms with van der Waals surface area (Å²) in [6.45, 7) is 8.54. The molecule has 7 heteroatoms. The summed E-state index contributed by atoms with van der Waals surface area (Å²) < 4.78 is 5.26. The highest BCUT2D eigenvalue weighted by Gasteiger charge is 2.15. The van der Waals surface area contributed by atoms with Gasteiger partial charge in [0.2, 0.25) is 0 Å². The van der Waals surface area contributed by atoms with Crippen molar-refractivity contribution in [1.82, 2.24) is 0 Å². The standard InChI is InChI=1S/C18H28N2O4Si/c1-13(17(21)22)11-14-7-8-15(20(2)3)12-16(14)19-18(23)24-9-10-25(4,5)6/h7-8,11-12H,9-10H2,1-6H3,(H,19,23)(H,21,22).